The van der Waals surface area contributed by atoms with E-state index in [0.717, 1.165) is 5.56 Å². The third-order valence-corrected chi connectivity index (χ3v) is 4.21. The van der Waals surface area contributed by atoms with Crippen LogP contribution in [-0.2, 0) is 11.3 Å². The molecule has 24 heavy (non-hydrogen) atoms. The number of benzene rings is 2. The molecule has 3 rings (SSSR count). The van der Waals surface area contributed by atoms with Crippen LogP contribution < -0.4 is 10.7 Å². The van der Waals surface area contributed by atoms with Gasteiger partial charge in [0.15, 0.2) is 5.43 Å². The van der Waals surface area contributed by atoms with Gasteiger partial charge in [-0.2, -0.15) is 0 Å². The van der Waals surface area contributed by atoms with Crippen LogP contribution in [0.2, 0.25) is 5.02 Å². The molecule has 0 bridgehead atoms. The molecule has 1 N–H and O–H groups in total. The van der Waals surface area contributed by atoms with Crippen molar-refractivity contribution in [3.8, 4) is 0 Å². The second-order valence-electron chi connectivity index (χ2n) is 5.40. The number of pyridine rings is 1. The van der Waals surface area contributed by atoms with Gasteiger partial charge in [0.25, 0.3) is 0 Å². The Morgan fingerprint density at radius 3 is 2.75 bits per heavy atom. The van der Waals surface area contributed by atoms with Gasteiger partial charge in [-0.3, -0.25) is 9.59 Å². The summed E-state index contributed by atoms with van der Waals surface area (Å²) in [6.45, 7) is 1.68. The molecule has 1 aromatic heterocycles. The van der Waals surface area contributed by atoms with Gasteiger partial charge in [-0.25, -0.2) is 4.39 Å². The topological polar surface area (TPSA) is 51.1 Å². The molecule has 0 unspecified atom stereocenters. The van der Waals surface area contributed by atoms with E-state index in [1.807, 2.05) is 0 Å². The fourth-order valence-electron chi connectivity index (χ4n) is 2.55. The van der Waals surface area contributed by atoms with E-state index in [2.05, 4.69) is 5.32 Å². The molecule has 0 aliphatic rings. The molecule has 0 radical (unpaired) electrons. The average Bonchev–Trinajstić information content (AvgIpc) is 2.55. The number of hydrogen-bond acceptors (Lipinski definition) is 2. The van der Waals surface area contributed by atoms with Gasteiger partial charge in [-0.1, -0.05) is 23.7 Å². The number of carbonyl (C=O) groups excluding carboxylic acids is 1. The Labute approximate surface area is 142 Å². The molecule has 2 aromatic carbocycles. The maximum Gasteiger partial charge on any atom is 0.244 e. The molecule has 1 amide bonds. The predicted octanol–water partition coefficient (Wildman–Crippen LogP) is 3.74. The van der Waals surface area contributed by atoms with Crippen molar-refractivity contribution in [2.24, 2.45) is 0 Å². The number of halogens is 2. The highest BCUT2D eigenvalue weighted by molar-refractivity contribution is 6.31. The number of nitrogens with zero attached hydrogens (tertiary/aromatic N) is 1. The van der Waals surface area contributed by atoms with Crippen molar-refractivity contribution in [3.05, 3.63) is 75.3 Å². The summed E-state index contributed by atoms with van der Waals surface area (Å²) in [5, 5.41) is 3.54. The van der Waals surface area contributed by atoms with E-state index in [4.69, 9.17) is 11.6 Å². The Kier molecular flexibility index (Phi) is 4.36. The fraction of sp³-hybridized carbons (Fsp3) is 0.111. The molecule has 0 aliphatic heterocycles. The van der Waals surface area contributed by atoms with Gasteiger partial charge in [0.2, 0.25) is 5.91 Å². The Hall–Kier alpha value is -2.66. The van der Waals surface area contributed by atoms with E-state index < -0.39 is 5.82 Å². The van der Waals surface area contributed by atoms with Crippen LogP contribution in [0, 0.1) is 12.7 Å². The van der Waals surface area contributed by atoms with E-state index in [1.54, 1.807) is 25.1 Å². The molecule has 0 spiro atoms. The van der Waals surface area contributed by atoms with E-state index in [0.29, 0.717) is 10.7 Å². The van der Waals surface area contributed by atoms with Gasteiger partial charge in [0.05, 0.1) is 5.52 Å². The van der Waals surface area contributed by atoms with E-state index >= 15 is 0 Å². The van der Waals surface area contributed by atoms with Gasteiger partial charge >= 0.3 is 0 Å². The Bertz CT molecular complexity index is 998. The third kappa shape index (κ3) is 3.03. The van der Waals surface area contributed by atoms with Crippen LogP contribution >= 0.6 is 11.6 Å². The zero-order valence-electron chi connectivity index (χ0n) is 12.8. The molecule has 1 heterocycles. The first-order valence-electron chi connectivity index (χ1n) is 7.30. The number of amides is 1. The van der Waals surface area contributed by atoms with Gasteiger partial charge in [-0.05, 0) is 36.8 Å². The van der Waals surface area contributed by atoms with Crippen LogP contribution in [0.4, 0.5) is 10.1 Å². The Morgan fingerprint density at radius 2 is 1.96 bits per heavy atom. The molecule has 0 saturated heterocycles. The molecule has 0 fully saturated rings. The summed E-state index contributed by atoms with van der Waals surface area (Å²) in [7, 11) is 0. The first kappa shape index (κ1) is 16.2. The van der Waals surface area contributed by atoms with Crippen molar-refractivity contribution in [3.63, 3.8) is 0 Å². The zero-order chi connectivity index (χ0) is 17.3. The minimum atomic E-state index is -0.545. The lowest BCUT2D eigenvalue weighted by Crippen LogP contribution is -2.21. The van der Waals surface area contributed by atoms with Crippen molar-refractivity contribution in [2.75, 3.05) is 5.32 Å². The molecule has 0 saturated carbocycles. The summed E-state index contributed by atoms with van der Waals surface area (Å²) in [6, 6.07) is 10.8. The number of para-hydroxylation sites is 1. The molecular formula is C18H14ClFN2O2. The van der Waals surface area contributed by atoms with Gasteiger partial charge < -0.3 is 9.88 Å². The standard InChI is InChI=1S/C18H14ClFN2O2/c1-11-13(19)5-3-7-15(11)21-17(24)10-22-9-8-16(23)12-4-2-6-14(20)18(12)22/h2-9H,10H2,1H3,(H,21,24). The summed E-state index contributed by atoms with van der Waals surface area (Å²) in [6.07, 6.45) is 1.41. The lowest BCUT2D eigenvalue weighted by atomic mass is 10.2. The quantitative estimate of drug-likeness (QED) is 0.787. The molecule has 6 heteroatoms. The highest BCUT2D eigenvalue weighted by atomic mass is 35.5. The number of anilines is 1. The largest absolute Gasteiger partial charge is 0.335 e. The fourth-order valence-corrected chi connectivity index (χ4v) is 2.72. The second-order valence-corrected chi connectivity index (χ2v) is 5.81. The summed E-state index contributed by atoms with van der Waals surface area (Å²) in [5.41, 5.74) is 1.18. The molecule has 0 atom stereocenters. The Balaban J connectivity index is 1.93. The highest BCUT2D eigenvalue weighted by Gasteiger charge is 2.12. The van der Waals surface area contributed by atoms with Crippen molar-refractivity contribution in [1.29, 1.82) is 0 Å². The van der Waals surface area contributed by atoms with E-state index in [9.17, 15) is 14.0 Å². The van der Waals surface area contributed by atoms with E-state index in [-0.39, 0.29) is 28.8 Å². The lowest BCUT2D eigenvalue weighted by Gasteiger charge is -2.13. The lowest BCUT2D eigenvalue weighted by molar-refractivity contribution is -0.116. The minimum Gasteiger partial charge on any atom is -0.335 e. The van der Waals surface area contributed by atoms with Crippen LogP contribution in [0.5, 0.6) is 0 Å². The van der Waals surface area contributed by atoms with Crippen molar-refractivity contribution >= 4 is 34.1 Å². The van der Waals surface area contributed by atoms with Gasteiger partial charge in [0, 0.05) is 28.4 Å². The van der Waals surface area contributed by atoms with E-state index in [1.165, 1.54) is 35.0 Å². The molecule has 122 valence electrons. The number of aromatic nitrogens is 1. The number of rotatable bonds is 3. The van der Waals surface area contributed by atoms with Crippen LogP contribution in [0.1, 0.15) is 5.56 Å². The predicted molar refractivity (Wildman–Crippen MR) is 93.0 cm³/mol. The average molecular weight is 345 g/mol. The third-order valence-electron chi connectivity index (χ3n) is 3.80. The van der Waals surface area contributed by atoms with Crippen molar-refractivity contribution in [1.82, 2.24) is 4.57 Å². The monoisotopic (exact) mass is 344 g/mol. The molecule has 3 aromatic rings. The Morgan fingerprint density at radius 1 is 1.21 bits per heavy atom. The molecular weight excluding hydrogens is 331 g/mol. The van der Waals surface area contributed by atoms with Gasteiger partial charge in [-0.15, -0.1) is 0 Å². The summed E-state index contributed by atoms with van der Waals surface area (Å²) in [4.78, 5) is 24.2. The maximum absolute atomic E-state index is 14.1. The first-order valence-corrected chi connectivity index (χ1v) is 7.68. The normalized spacial score (nSPS) is 10.8. The highest BCUT2D eigenvalue weighted by Crippen LogP contribution is 2.23. The first-order chi connectivity index (χ1) is 11.5. The van der Waals surface area contributed by atoms with Crippen molar-refractivity contribution < 1.29 is 9.18 Å². The SMILES string of the molecule is Cc1c(Cl)cccc1NC(=O)Cn1ccc(=O)c2cccc(F)c21. The minimum absolute atomic E-state index is 0.114. The number of fused-ring (bicyclic) bond motifs is 1. The zero-order valence-corrected chi connectivity index (χ0v) is 13.6. The summed E-state index contributed by atoms with van der Waals surface area (Å²) >= 11 is 6.03. The van der Waals surface area contributed by atoms with Crippen LogP contribution in [-0.4, -0.2) is 10.5 Å². The molecule has 0 aliphatic carbocycles. The van der Waals surface area contributed by atoms with Crippen LogP contribution in [0.15, 0.2) is 53.5 Å². The summed E-state index contributed by atoms with van der Waals surface area (Å²) < 4.78 is 15.5. The number of nitrogens with one attached hydrogen (secondary N) is 1. The van der Waals surface area contributed by atoms with Crippen LogP contribution in [0.25, 0.3) is 10.9 Å². The molecule has 4 nitrogen and oxygen atoms in total. The second kappa shape index (κ2) is 6.45. The van der Waals surface area contributed by atoms with Crippen molar-refractivity contribution in [2.45, 2.75) is 13.5 Å². The number of hydrogen-bond donors (Lipinski definition) is 1. The smallest absolute Gasteiger partial charge is 0.244 e. The number of carbonyl (C=O) groups is 1. The summed E-state index contributed by atoms with van der Waals surface area (Å²) in [5.74, 6) is -0.884. The van der Waals surface area contributed by atoms with Gasteiger partial charge in [0.1, 0.15) is 12.4 Å². The van der Waals surface area contributed by atoms with Crippen LogP contribution in [0.3, 0.4) is 0 Å². The maximum atomic E-state index is 14.1.